The largest absolute Gasteiger partial charge is 0.383 e. The zero-order valence-corrected chi connectivity index (χ0v) is 17.4. The van der Waals surface area contributed by atoms with E-state index in [1.807, 2.05) is 18.5 Å². The monoisotopic (exact) mass is 395 g/mol. The van der Waals surface area contributed by atoms with Gasteiger partial charge in [-0.25, -0.2) is 4.98 Å². The third kappa shape index (κ3) is 3.11. The SMILES string of the molecule is COCCN1CCC(N2Cc3c(cnn3C(C)C)-c3n[nH]c4ccnc2c34)CC1. The zero-order valence-electron chi connectivity index (χ0n) is 17.4. The average Bonchev–Trinajstić information content (AvgIpc) is 3.31. The Balaban J connectivity index is 1.54. The molecule has 3 aromatic heterocycles. The highest BCUT2D eigenvalue weighted by molar-refractivity contribution is 6.02. The van der Waals surface area contributed by atoms with E-state index < -0.39 is 0 Å². The van der Waals surface area contributed by atoms with E-state index >= 15 is 0 Å². The second-order valence-electron chi connectivity index (χ2n) is 8.37. The average molecular weight is 396 g/mol. The Kier molecular flexibility index (Phi) is 4.75. The molecular weight excluding hydrogens is 366 g/mol. The van der Waals surface area contributed by atoms with Gasteiger partial charge in [-0.2, -0.15) is 10.2 Å². The highest BCUT2D eigenvalue weighted by atomic mass is 16.5. The minimum absolute atomic E-state index is 0.306. The van der Waals surface area contributed by atoms with Crippen molar-refractivity contribution in [3.05, 3.63) is 24.2 Å². The van der Waals surface area contributed by atoms with E-state index in [1.54, 1.807) is 7.11 Å². The number of ether oxygens (including phenoxy) is 1. The van der Waals surface area contributed by atoms with Gasteiger partial charge in [-0.05, 0) is 32.8 Å². The highest BCUT2D eigenvalue weighted by Gasteiger charge is 2.33. The van der Waals surface area contributed by atoms with Gasteiger partial charge in [-0.15, -0.1) is 0 Å². The first kappa shape index (κ1) is 18.6. The number of nitrogens with zero attached hydrogens (tertiary/aromatic N) is 6. The molecule has 0 amide bonds. The van der Waals surface area contributed by atoms with E-state index in [2.05, 4.69) is 38.5 Å². The van der Waals surface area contributed by atoms with Gasteiger partial charge in [0.1, 0.15) is 11.5 Å². The Morgan fingerprint density at radius 2 is 2.10 bits per heavy atom. The number of pyridine rings is 1. The van der Waals surface area contributed by atoms with Crippen LogP contribution in [0.3, 0.4) is 0 Å². The lowest BCUT2D eigenvalue weighted by atomic mass is 10.0. The standard InChI is InChI=1S/C21H29N7O/c1-14(2)28-18-13-27(15-5-8-26(9-6-15)10-11-29-3)21-19-17(4-7-22-21)24-25-20(19)16(18)12-23-28/h4,7,12,14-15H,5-6,8-11,13H2,1-3H3,(H,24,25). The Labute approximate surface area is 170 Å². The molecule has 29 heavy (non-hydrogen) atoms. The molecule has 1 N–H and O–H groups in total. The van der Waals surface area contributed by atoms with E-state index in [-0.39, 0.29) is 0 Å². The van der Waals surface area contributed by atoms with Crippen LogP contribution in [0.1, 0.15) is 38.4 Å². The summed E-state index contributed by atoms with van der Waals surface area (Å²) in [7, 11) is 1.77. The summed E-state index contributed by atoms with van der Waals surface area (Å²) in [4.78, 5) is 9.84. The van der Waals surface area contributed by atoms with Crippen molar-refractivity contribution in [2.75, 3.05) is 38.3 Å². The molecule has 0 spiro atoms. The molecular formula is C21H29N7O. The lowest BCUT2D eigenvalue weighted by Crippen LogP contribution is -2.46. The highest BCUT2D eigenvalue weighted by Crippen LogP contribution is 2.40. The minimum Gasteiger partial charge on any atom is -0.383 e. The summed E-state index contributed by atoms with van der Waals surface area (Å²) in [6, 6.07) is 2.77. The molecule has 1 saturated heterocycles. The van der Waals surface area contributed by atoms with Crippen molar-refractivity contribution < 1.29 is 4.74 Å². The van der Waals surface area contributed by atoms with Crippen molar-refractivity contribution >= 4 is 16.7 Å². The first-order valence-electron chi connectivity index (χ1n) is 10.5. The molecule has 5 rings (SSSR count). The van der Waals surface area contributed by atoms with Crippen LogP contribution in [0, 0.1) is 0 Å². The quantitative estimate of drug-likeness (QED) is 0.716. The van der Waals surface area contributed by atoms with Crippen LogP contribution < -0.4 is 4.90 Å². The fourth-order valence-corrected chi connectivity index (χ4v) is 4.76. The zero-order chi connectivity index (χ0) is 20.0. The van der Waals surface area contributed by atoms with Crippen molar-refractivity contribution in [3.63, 3.8) is 0 Å². The summed E-state index contributed by atoms with van der Waals surface area (Å²) in [5, 5.41) is 13.7. The first-order chi connectivity index (χ1) is 14.2. The second-order valence-corrected chi connectivity index (χ2v) is 8.37. The predicted octanol–water partition coefficient (Wildman–Crippen LogP) is 2.83. The van der Waals surface area contributed by atoms with Gasteiger partial charge in [-0.1, -0.05) is 0 Å². The summed E-state index contributed by atoms with van der Waals surface area (Å²) in [6.07, 6.45) is 6.11. The molecule has 8 heteroatoms. The lowest BCUT2D eigenvalue weighted by molar-refractivity contribution is 0.129. The molecule has 2 aliphatic rings. The maximum Gasteiger partial charge on any atom is 0.140 e. The number of aromatic nitrogens is 5. The number of rotatable bonds is 5. The number of H-pyrrole nitrogens is 1. The van der Waals surface area contributed by atoms with Gasteiger partial charge in [0.25, 0.3) is 0 Å². The van der Waals surface area contributed by atoms with Gasteiger partial charge in [0.05, 0.1) is 35.9 Å². The maximum atomic E-state index is 5.26. The van der Waals surface area contributed by atoms with Crippen LogP contribution in [-0.2, 0) is 11.3 Å². The summed E-state index contributed by atoms with van der Waals surface area (Å²) >= 11 is 0. The molecule has 0 bridgehead atoms. The number of aromatic amines is 1. The molecule has 0 saturated carbocycles. The number of fused-ring (bicyclic) bond motifs is 2. The number of nitrogens with one attached hydrogen (secondary N) is 1. The third-order valence-corrected chi connectivity index (χ3v) is 6.30. The molecule has 5 heterocycles. The molecule has 2 aliphatic heterocycles. The molecule has 0 atom stereocenters. The molecule has 1 fully saturated rings. The smallest absolute Gasteiger partial charge is 0.140 e. The summed E-state index contributed by atoms with van der Waals surface area (Å²) in [5.41, 5.74) is 4.37. The molecule has 0 unspecified atom stereocenters. The van der Waals surface area contributed by atoms with Crippen molar-refractivity contribution in [2.24, 2.45) is 0 Å². The van der Waals surface area contributed by atoms with Gasteiger partial charge in [-0.3, -0.25) is 9.78 Å². The van der Waals surface area contributed by atoms with Crippen LogP contribution in [0.5, 0.6) is 0 Å². The Morgan fingerprint density at radius 1 is 1.28 bits per heavy atom. The Morgan fingerprint density at radius 3 is 2.86 bits per heavy atom. The van der Waals surface area contributed by atoms with Gasteiger partial charge >= 0.3 is 0 Å². The predicted molar refractivity (Wildman–Crippen MR) is 113 cm³/mol. The number of piperidine rings is 1. The number of likely N-dealkylation sites (tertiary alicyclic amines) is 1. The molecule has 8 nitrogen and oxygen atoms in total. The Hall–Kier alpha value is -2.45. The molecule has 0 radical (unpaired) electrons. The summed E-state index contributed by atoms with van der Waals surface area (Å²) in [6.45, 7) is 9.17. The van der Waals surface area contributed by atoms with E-state index in [9.17, 15) is 0 Å². The maximum absolute atomic E-state index is 5.26. The topological polar surface area (TPSA) is 75.1 Å². The van der Waals surface area contributed by atoms with Crippen molar-refractivity contribution in [1.29, 1.82) is 0 Å². The fraction of sp³-hybridized carbons (Fsp3) is 0.571. The normalized spacial score (nSPS) is 17.9. The van der Waals surface area contributed by atoms with Crippen LogP contribution in [0.4, 0.5) is 5.82 Å². The summed E-state index contributed by atoms with van der Waals surface area (Å²) < 4.78 is 7.40. The van der Waals surface area contributed by atoms with Crippen LogP contribution in [-0.4, -0.2) is 69.3 Å². The molecule has 0 aliphatic carbocycles. The summed E-state index contributed by atoms with van der Waals surface area (Å²) in [5.74, 6) is 1.05. The number of hydrogen-bond acceptors (Lipinski definition) is 6. The van der Waals surface area contributed by atoms with Crippen LogP contribution >= 0.6 is 0 Å². The number of hydrogen-bond donors (Lipinski definition) is 1. The number of methoxy groups -OCH3 is 1. The van der Waals surface area contributed by atoms with Crippen molar-refractivity contribution in [2.45, 2.75) is 45.3 Å². The van der Waals surface area contributed by atoms with Crippen LogP contribution in [0.2, 0.25) is 0 Å². The number of anilines is 1. The first-order valence-corrected chi connectivity index (χ1v) is 10.5. The molecule has 0 aromatic carbocycles. The van der Waals surface area contributed by atoms with Gasteiger partial charge in [0, 0.05) is 50.6 Å². The third-order valence-electron chi connectivity index (χ3n) is 6.30. The van der Waals surface area contributed by atoms with Gasteiger partial charge in [0.15, 0.2) is 0 Å². The van der Waals surface area contributed by atoms with Crippen LogP contribution in [0.25, 0.3) is 22.2 Å². The fourth-order valence-electron chi connectivity index (χ4n) is 4.76. The second kappa shape index (κ2) is 7.42. The molecule has 154 valence electrons. The lowest BCUT2D eigenvalue weighted by Gasteiger charge is -2.39. The van der Waals surface area contributed by atoms with E-state index in [0.717, 1.165) is 73.6 Å². The Bertz CT molecular complexity index is 1000. The van der Waals surface area contributed by atoms with E-state index in [4.69, 9.17) is 14.8 Å². The van der Waals surface area contributed by atoms with E-state index in [0.29, 0.717) is 12.1 Å². The van der Waals surface area contributed by atoms with Gasteiger partial charge < -0.3 is 14.5 Å². The molecule has 3 aromatic rings. The van der Waals surface area contributed by atoms with Crippen molar-refractivity contribution in [3.8, 4) is 11.3 Å². The van der Waals surface area contributed by atoms with Crippen molar-refractivity contribution in [1.82, 2.24) is 29.9 Å². The van der Waals surface area contributed by atoms with Crippen LogP contribution in [0.15, 0.2) is 18.5 Å². The van der Waals surface area contributed by atoms with Gasteiger partial charge in [0.2, 0.25) is 0 Å². The minimum atomic E-state index is 0.306. The van der Waals surface area contributed by atoms with E-state index in [1.165, 1.54) is 5.69 Å².